The third-order valence-electron chi connectivity index (χ3n) is 3.89. The number of ether oxygens (including phenoxy) is 1. The number of hydrogen-bond acceptors (Lipinski definition) is 4. The zero-order chi connectivity index (χ0) is 20.7. The summed E-state index contributed by atoms with van der Waals surface area (Å²) in [6.45, 7) is 3.53. The summed E-state index contributed by atoms with van der Waals surface area (Å²) < 4.78 is 45.0. The van der Waals surface area contributed by atoms with Crippen LogP contribution >= 0.6 is 23.4 Å². The van der Waals surface area contributed by atoms with Crippen LogP contribution in [-0.2, 0) is 12.7 Å². The van der Waals surface area contributed by atoms with Gasteiger partial charge in [0.25, 0.3) is 0 Å². The summed E-state index contributed by atoms with van der Waals surface area (Å²) in [6.07, 6.45) is -4.48. The molecule has 0 aliphatic carbocycles. The molecule has 0 fully saturated rings. The van der Waals surface area contributed by atoms with E-state index in [0.29, 0.717) is 17.9 Å². The molecule has 0 bridgehead atoms. The minimum atomic E-state index is -4.48. The van der Waals surface area contributed by atoms with Crippen LogP contribution in [0.1, 0.15) is 18.1 Å². The van der Waals surface area contributed by atoms with Gasteiger partial charge in [-0.2, -0.15) is 13.2 Å². The van der Waals surface area contributed by atoms with Crippen molar-refractivity contribution in [2.45, 2.75) is 24.5 Å². The molecule has 2 aromatic carbocycles. The Morgan fingerprint density at radius 2 is 1.93 bits per heavy atom. The SMILES string of the molecule is CCOc1cccc(SCCN(C)C)c1NCc1ccc(Cl)c(C(F)(F)F)c1. The van der Waals surface area contributed by atoms with E-state index in [-0.39, 0.29) is 11.6 Å². The van der Waals surface area contributed by atoms with E-state index in [9.17, 15) is 13.2 Å². The van der Waals surface area contributed by atoms with E-state index in [2.05, 4.69) is 10.2 Å². The molecule has 3 nitrogen and oxygen atoms in total. The maximum Gasteiger partial charge on any atom is 0.417 e. The fourth-order valence-electron chi connectivity index (χ4n) is 2.51. The predicted molar refractivity (Wildman–Crippen MR) is 111 cm³/mol. The van der Waals surface area contributed by atoms with Gasteiger partial charge in [0.15, 0.2) is 0 Å². The number of halogens is 4. The van der Waals surface area contributed by atoms with Gasteiger partial charge in [0, 0.05) is 23.7 Å². The Kier molecular flexibility index (Phi) is 8.34. The molecule has 0 amide bonds. The van der Waals surface area contributed by atoms with E-state index in [0.717, 1.165) is 28.9 Å². The van der Waals surface area contributed by atoms with E-state index >= 15 is 0 Å². The van der Waals surface area contributed by atoms with Crippen LogP contribution in [0.4, 0.5) is 18.9 Å². The molecule has 8 heteroatoms. The van der Waals surface area contributed by atoms with Crippen LogP contribution in [0.2, 0.25) is 5.02 Å². The molecule has 2 aromatic rings. The molecule has 0 saturated heterocycles. The summed E-state index contributed by atoms with van der Waals surface area (Å²) in [4.78, 5) is 3.09. The highest BCUT2D eigenvalue weighted by atomic mass is 35.5. The topological polar surface area (TPSA) is 24.5 Å². The highest BCUT2D eigenvalue weighted by Crippen LogP contribution is 2.37. The number of alkyl halides is 3. The third kappa shape index (κ3) is 6.50. The first-order valence-corrected chi connectivity index (χ1v) is 10.2. The maximum absolute atomic E-state index is 13.1. The van der Waals surface area contributed by atoms with Crippen molar-refractivity contribution in [1.29, 1.82) is 0 Å². The Bertz CT molecular complexity index is 785. The second-order valence-electron chi connectivity index (χ2n) is 6.38. The van der Waals surface area contributed by atoms with Crippen molar-refractivity contribution in [1.82, 2.24) is 4.90 Å². The van der Waals surface area contributed by atoms with Crippen molar-refractivity contribution in [3.8, 4) is 5.75 Å². The fourth-order valence-corrected chi connectivity index (χ4v) is 3.90. The van der Waals surface area contributed by atoms with Gasteiger partial charge in [-0.05, 0) is 50.8 Å². The number of hydrogen-bond donors (Lipinski definition) is 1. The number of nitrogens with one attached hydrogen (secondary N) is 1. The van der Waals surface area contributed by atoms with Crippen molar-refractivity contribution < 1.29 is 17.9 Å². The molecule has 0 aliphatic rings. The lowest BCUT2D eigenvalue weighted by Crippen LogP contribution is -2.15. The van der Waals surface area contributed by atoms with Crippen LogP contribution in [0.5, 0.6) is 5.75 Å². The van der Waals surface area contributed by atoms with Crippen LogP contribution in [0.15, 0.2) is 41.3 Å². The number of rotatable bonds is 9. The number of anilines is 1. The minimum absolute atomic E-state index is 0.228. The van der Waals surface area contributed by atoms with E-state index < -0.39 is 11.7 Å². The highest BCUT2D eigenvalue weighted by Gasteiger charge is 2.33. The number of para-hydroxylation sites is 1. The molecular weight excluding hydrogens is 409 g/mol. The van der Waals surface area contributed by atoms with Crippen LogP contribution in [-0.4, -0.2) is 37.9 Å². The summed E-state index contributed by atoms with van der Waals surface area (Å²) >= 11 is 7.38. The maximum atomic E-state index is 13.1. The molecular formula is C20H24ClF3N2OS. The van der Waals surface area contributed by atoms with Gasteiger partial charge >= 0.3 is 6.18 Å². The van der Waals surface area contributed by atoms with Crippen LogP contribution < -0.4 is 10.1 Å². The van der Waals surface area contributed by atoms with E-state index in [1.165, 1.54) is 6.07 Å². The number of thioether (sulfide) groups is 1. The normalized spacial score (nSPS) is 11.7. The first-order chi connectivity index (χ1) is 13.2. The smallest absolute Gasteiger partial charge is 0.417 e. The molecule has 0 aromatic heterocycles. The first kappa shape index (κ1) is 22.7. The Morgan fingerprint density at radius 1 is 1.18 bits per heavy atom. The number of benzene rings is 2. The Hall–Kier alpha value is -1.57. The molecule has 154 valence electrons. The van der Waals surface area contributed by atoms with Crippen molar-refractivity contribution in [2.75, 3.05) is 38.3 Å². The lowest BCUT2D eigenvalue weighted by Gasteiger charge is -2.18. The monoisotopic (exact) mass is 432 g/mol. The standard InChI is InChI=1S/C20H24ClF3N2OS/c1-4-27-17-6-5-7-18(28-11-10-26(2)3)19(17)25-13-14-8-9-16(21)15(12-14)20(22,23)24/h5-9,12,25H,4,10-11,13H2,1-3H3. The highest BCUT2D eigenvalue weighted by molar-refractivity contribution is 7.99. The quantitative estimate of drug-likeness (QED) is 0.489. The van der Waals surface area contributed by atoms with Gasteiger partial charge in [-0.1, -0.05) is 23.7 Å². The van der Waals surface area contributed by atoms with E-state index in [4.69, 9.17) is 16.3 Å². The lowest BCUT2D eigenvalue weighted by atomic mass is 10.1. The van der Waals surface area contributed by atoms with Gasteiger partial charge in [0.2, 0.25) is 0 Å². The summed E-state index contributed by atoms with van der Waals surface area (Å²) in [6, 6.07) is 9.70. The van der Waals surface area contributed by atoms with Crippen molar-refractivity contribution in [3.05, 3.63) is 52.5 Å². The molecule has 2 rings (SSSR count). The molecule has 0 unspecified atom stereocenters. The molecule has 0 atom stereocenters. The third-order valence-corrected chi connectivity index (χ3v) is 5.26. The average molecular weight is 433 g/mol. The Morgan fingerprint density at radius 3 is 2.57 bits per heavy atom. The lowest BCUT2D eigenvalue weighted by molar-refractivity contribution is -0.137. The van der Waals surface area contributed by atoms with E-state index in [1.54, 1.807) is 17.8 Å². The van der Waals surface area contributed by atoms with E-state index in [1.807, 2.05) is 39.2 Å². The summed E-state index contributed by atoms with van der Waals surface area (Å²) in [5.41, 5.74) is 0.455. The van der Waals surface area contributed by atoms with Crippen molar-refractivity contribution in [2.24, 2.45) is 0 Å². The summed E-state index contributed by atoms with van der Waals surface area (Å²) in [5, 5.41) is 2.95. The average Bonchev–Trinajstić information content (AvgIpc) is 2.61. The second kappa shape index (κ2) is 10.3. The minimum Gasteiger partial charge on any atom is -0.492 e. The van der Waals surface area contributed by atoms with Crippen LogP contribution in [0, 0.1) is 0 Å². The second-order valence-corrected chi connectivity index (χ2v) is 7.92. The Labute approximate surface area is 173 Å². The fraction of sp³-hybridized carbons (Fsp3) is 0.400. The summed E-state index contributed by atoms with van der Waals surface area (Å²) in [7, 11) is 4.02. The van der Waals surface area contributed by atoms with Gasteiger partial charge in [-0.25, -0.2) is 0 Å². The van der Waals surface area contributed by atoms with Gasteiger partial charge < -0.3 is 15.0 Å². The Balaban J connectivity index is 2.22. The molecule has 0 radical (unpaired) electrons. The zero-order valence-electron chi connectivity index (χ0n) is 16.1. The van der Waals surface area contributed by atoms with Crippen LogP contribution in [0.25, 0.3) is 0 Å². The van der Waals surface area contributed by atoms with Gasteiger partial charge in [-0.15, -0.1) is 11.8 Å². The largest absolute Gasteiger partial charge is 0.492 e. The van der Waals surface area contributed by atoms with Gasteiger partial charge in [-0.3, -0.25) is 0 Å². The molecule has 1 N–H and O–H groups in total. The first-order valence-electron chi connectivity index (χ1n) is 8.85. The zero-order valence-corrected chi connectivity index (χ0v) is 17.6. The van der Waals surface area contributed by atoms with Crippen molar-refractivity contribution in [3.63, 3.8) is 0 Å². The van der Waals surface area contributed by atoms with Gasteiger partial charge in [0.1, 0.15) is 5.75 Å². The van der Waals surface area contributed by atoms with Crippen LogP contribution in [0.3, 0.4) is 0 Å². The number of nitrogens with zero attached hydrogens (tertiary/aromatic N) is 1. The molecule has 0 heterocycles. The molecule has 0 aliphatic heterocycles. The van der Waals surface area contributed by atoms with Crippen molar-refractivity contribution >= 4 is 29.1 Å². The molecule has 0 saturated carbocycles. The van der Waals surface area contributed by atoms with Gasteiger partial charge in [0.05, 0.1) is 22.9 Å². The summed E-state index contributed by atoms with van der Waals surface area (Å²) in [5.74, 6) is 1.57. The molecule has 0 spiro atoms. The predicted octanol–water partition coefficient (Wildman–Crippen LogP) is 6.02. The molecule has 28 heavy (non-hydrogen) atoms.